The predicted octanol–water partition coefficient (Wildman–Crippen LogP) is 8.21. The molecule has 0 aromatic heterocycles. The largest absolute Gasteiger partial charge is 0.507 e. The number of phenolic OH excluding ortho intramolecular Hbond substituents is 2. The Kier molecular flexibility index (Phi) is 7.20. The Hall–Kier alpha value is -5.36. The summed E-state index contributed by atoms with van der Waals surface area (Å²) < 4.78 is 23.7. The first kappa shape index (κ1) is 25.9. The number of hydrogen-bond acceptors (Lipinski definition) is 6. The standard InChI is InChI=1S/C35H28O6/c1-23-16-17-28-29(18-23)33(41-22-39-25-12-6-3-7-13-25)20-31(35(28)37)30-19-32(26-14-8-9-15-27(26)34(30)36)40-21-38-24-10-4-2-5-11-24/h2-20,36-37H,21-22H2,1H3. The van der Waals surface area contributed by atoms with Crippen LogP contribution in [0.15, 0.2) is 115 Å². The van der Waals surface area contributed by atoms with Crippen LogP contribution in [-0.4, -0.2) is 23.8 Å². The van der Waals surface area contributed by atoms with Crippen molar-refractivity contribution in [3.05, 3.63) is 121 Å². The fourth-order valence-corrected chi connectivity index (χ4v) is 4.82. The minimum Gasteiger partial charge on any atom is -0.507 e. The molecule has 0 radical (unpaired) electrons. The van der Waals surface area contributed by atoms with Crippen LogP contribution in [0.4, 0.5) is 0 Å². The van der Waals surface area contributed by atoms with Crippen LogP contribution in [0.5, 0.6) is 34.5 Å². The molecule has 0 aliphatic heterocycles. The van der Waals surface area contributed by atoms with Crippen molar-refractivity contribution in [1.82, 2.24) is 0 Å². The smallest absolute Gasteiger partial charge is 0.230 e. The van der Waals surface area contributed by atoms with Gasteiger partial charge in [-0.2, -0.15) is 0 Å². The lowest BCUT2D eigenvalue weighted by Crippen LogP contribution is -2.06. The van der Waals surface area contributed by atoms with Gasteiger partial charge in [0.05, 0.1) is 0 Å². The summed E-state index contributed by atoms with van der Waals surface area (Å²) >= 11 is 0. The molecule has 0 bridgehead atoms. The molecule has 0 amide bonds. The number of fused-ring (bicyclic) bond motifs is 2. The van der Waals surface area contributed by atoms with Crippen LogP contribution in [0.1, 0.15) is 5.56 Å². The topological polar surface area (TPSA) is 77.4 Å². The van der Waals surface area contributed by atoms with Gasteiger partial charge < -0.3 is 29.2 Å². The number of phenols is 2. The molecule has 0 atom stereocenters. The van der Waals surface area contributed by atoms with Crippen molar-refractivity contribution in [2.24, 2.45) is 0 Å². The molecule has 0 spiro atoms. The molecular formula is C35H28O6. The number of rotatable bonds is 9. The van der Waals surface area contributed by atoms with E-state index in [1.807, 2.05) is 110 Å². The average Bonchev–Trinajstić information content (AvgIpc) is 3.01. The third-order valence-electron chi connectivity index (χ3n) is 6.86. The number of aromatic hydroxyl groups is 2. The van der Waals surface area contributed by atoms with Crippen LogP contribution in [-0.2, 0) is 0 Å². The van der Waals surface area contributed by atoms with Gasteiger partial charge in [0.1, 0.15) is 34.5 Å². The molecule has 6 nitrogen and oxygen atoms in total. The molecule has 0 fully saturated rings. The Morgan fingerprint density at radius 1 is 0.463 bits per heavy atom. The molecule has 0 unspecified atom stereocenters. The van der Waals surface area contributed by atoms with Crippen LogP contribution >= 0.6 is 0 Å². The van der Waals surface area contributed by atoms with Crippen LogP contribution in [0, 0.1) is 6.92 Å². The van der Waals surface area contributed by atoms with Crippen molar-refractivity contribution in [3.63, 3.8) is 0 Å². The maximum absolute atomic E-state index is 11.5. The van der Waals surface area contributed by atoms with Crippen molar-refractivity contribution in [1.29, 1.82) is 0 Å². The quantitative estimate of drug-likeness (QED) is 0.179. The first-order valence-corrected chi connectivity index (χ1v) is 13.2. The van der Waals surface area contributed by atoms with Crippen LogP contribution in [0.3, 0.4) is 0 Å². The van der Waals surface area contributed by atoms with E-state index in [9.17, 15) is 10.2 Å². The van der Waals surface area contributed by atoms with Crippen molar-refractivity contribution >= 4 is 21.5 Å². The lowest BCUT2D eigenvalue weighted by atomic mass is 9.94. The third kappa shape index (κ3) is 5.40. The zero-order chi connectivity index (χ0) is 28.2. The van der Waals surface area contributed by atoms with E-state index in [1.165, 1.54) is 0 Å². The summed E-state index contributed by atoms with van der Waals surface area (Å²) in [6.45, 7) is 1.91. The second kappa shape index (κ2) is 11.4. The summed E-state index contributed by atoms with van der Waals surface area (Å²) in [5.41, 5.74) is 1.81. The van der Waals surface area contributed by atoms with Gasteiger partial charge in [0, 0.05) is 32.7 Å². The second-order valence-electron chi connectivity index (χ2n) is 9.58. The van der Waals surface area contributed by atoms with Crippen molar-refractivity contribution in [3.8, 4) is 45.6 Å². The predicted molar refractivity (Wildman–Crippen MR) is 160 cm³/mol. The summed E-state index contributed by atoms with van der Waals surface area (Å²) in [4.78, 5) is 0. The van der Waals surface area contributed by atoms with Crippen molar-refractivity contribution < 1.29 is 29.2 Å². The number of ether oxygens (including phenoxy) is 4. The minimum absolute atomic E-state index is 0.0187. The first-order valence-electron chi connectivity index (χ1n) is 13.2. The van der Waals surface area contributed by atoms with E-state index < -0.39 is 0 Å². The van der Waals surface area contributed by atoms with Crippen LogP contribution in [0.25, 0.3) is 32.7 Å². The zero-order valence-electron chi connectivity index (χ0n) is 22.4. The second-order valence-corrected chi connectivity index (χ2v) is 9.58. The number of benzene rings is 6. The van der Waals surface area contributed by atoms with Gasteiger partial charge in [-0.25, -0.2) is 0 Å². The molecular weight excluding hydrogens is 516 g/mol. The van der Waals surface area contributed by atoms with E-state index >= 15 is 0 Å². The summed E-state index contributed by atoms with van der Waals surface area (Å²) in [7, 11) is 0. The average molecular weight is 545 g/mol. The molecule has 204 valence electrons. The van der Waals surface area contributed by atoms with Gasteiger partial charge >= 0.3 is 0 Å². The molecule has 6 aromatic carbocycles. The van der Waals surface area contributed by atoms with E-state index in [-0.39, 0.29) is 25.1 Å². The van der Waals surface area contributed by atoms with Crippen molar-refractivity contribution in [2.75, 3.05) is 13.6 Å². The maximum Gasteiger partial charge on any atom is 0.230 e. The van der Waals surface area contributed by atoms with Gasteiger partial charge in [-0.05, 0) is 49.4 Å². The van der Waals surface area contributed by atoms with Crippen molar-refractivity contribution in [2.45, 2.75) is 6.92 Å². The Balaban J connectivity index is 1.41. The van der Waals surface area contributed by atoms with E-state index in [0.29, 0.717) is 50.3 Å². The highest BCUT2D eigenvalue weighted by atomic mass is 16.7. The van der Waals surface area contributed by atoms with E-state index in [2.05, 4.69) is 0 Å². The van der Waals surface area contributed by atoms with Gasteiger partial charge in [0.15, 0.2) is 0 Å². The monoisotopic (exact) mass is 544 g/mol. The van der Waals surface area contributed by atoms with Gasteiger partial charge in [-0.3, -0.25) is 0 Å². The molecule has 0 saturated carbocycles. The zero-order valence-corrected chi connectivity index (χ0v) is 22.4. The highest BCUT2D eigenvalue weighted by Gasteiger charge is 2.20. The van der Waals surface area contributed by atoms with Gasteiger partial charge in [0.25, 0.3) is 0 Å². The molecule has 6 rings (SSSR count). The Labute approximate surface area is 237 Å². The molecule has 0 saturated heterocycles. The fourth-order valence-electron chi connectivity index (χ4n) is 4.82. The van der Waals surface area contributed by atoms with Gasteiger partial charge in [-0.1, -0.05) is 78.4 Å². The molecule has 2 N–H and O–H groups in total. The lowest BCUT2D eigenvalue weighted by molar-refractivity contribution is 0.121. The van der Waals surface area contributed by atoms with E-state index in [4.69, 9.17) is 18.9 Å². The summed E-state index contributed by atoms with van der Waals surface area (Å²) in [6, 6.07) is 35.3. The van der Waals surface area contributed by atoms with Crippen LogP contribution < -0.4 is 18.9 Å². The number of para-hydroxylation sites is 2. The number of hydrogen-bond donors (Lipinski definition) is 2. The lowest BCUT2D eigenvalue weighted by Gasteiger charge is -2.18. The highest BCUT2D eigenvalue weighted by Crippen LogP contribution is 2.48. The van der Waals surface area contributed by atoms with Crippen LogP contribution in [0.2, 0.25) is 0 Å². The SMILES string of the molecule is Cc1ccc2c(O)c(-c3cc(OCOc4ccccc4)c4ccccc4c3O)cc(OCOc3ccccc3)c2c1. The van der Waals surface area contributed by atoms with E-state index in [1.54, 1.807) is 12.1 Å². The highest BCUT2D eigenvalue weighted by molar-refractivity contribution is 6.04. The summed E-state index contributed by atoms with van der Waals surface area (Å²) in [5, 5.41) is 25.5. The molecule has 41 heavy (non-hydrogen) atoms. The Bertz CT molecular complexity index is 1820. The minimum atomic E-state index is -0.0356. The Morgan fingerprint density at radius 2 is 0.927 bits per heavy atom. The number of aryl methyl sites for hydroxylation is 1. The van der Waals surface area contributed by atoms with Gasteiger partial charge in [0.2, 0.25) is 13.6 Å². The molecule has 0 heterocycles. The normalized spacial score (nSPS) is 11.0. The summed E-state index contributed by atoms with van der Waals surface area (Å²) in [5.74, 6) is 2.41. The third-order valence-corrected chi connectivity index (χ3v) is 6.86. The van der Waals surface area contributed by atoms with Gasteiger partial charge in [-0.15, -0.1) is 0 Å². The maximum atomic E-state index is 11.5. The first-order chi connectivity index (χ1) is 20.1. The van der Waals surface area contributed by atoms with E-state index in [0.717, 1.165) is 10.9 Å². The Morgan fingerprint density at radius 3 is 1.49 bits per heavy atom. The molecule has 0 aliphatic carbocycles. The molecule has 0 aliphatic rings. The summed E-state index contributed by atoms with van der Waals surface area (Å²) in [6.07, 6.45) is 0. The molecule has 6 aromatic rings. The fraction of sp³-hybridized carbons (Fsp3) is 0.0857. The molecule has 6 heteroatoms.